The normalized spacial score (nSPS) is 23.8. The van der Waals surface area contributed by atoms with E-state index in [0.29, 0.717) is 11.3 Å². The topological polar surface area (TPSA) is 175 Å². The average molecular weight is 604 g/mol. The first kappa shape index (κ1) is 29.6. The third-order valence-corrected chi connectivity index (χ3v) is 8.56. The van der Waals surface area contributed by atoms with Gasteiger partial charge in [0.2, 0.25) is 17.7 Å². The fourth-order valence-electron chi connectivity index (χ4n) is 6.27. The molecule has 1 spiro atoms. The fourth-order valence-corrected chi connectivity index (χ4v) is 6.27. The number of nitrogens with one attached hydrogen (secondary N) is 4. The van der Waals surface area contributed by atoms with Crippen molar-refractivity contribution >= 4 is 23.4 Å². The lowest BCUT2D eigenvalue weighted by atomic mass is 9.72. The van der Waals surface area contributed by atoms with E-state index in [1.54, 1.807) is 19.9 Å². The van der Waals surface area contributed by atoms with E-state index in [-0.39, 0.29) is 48.8 Å². The number of anilines is 1. The molecule has 3 aliphatic heterocycles. The van der Waals surface area contributed by atoms with Crippen LogP contribution in [0.15, 0.2) is 46.9 Å². The van der Waals surface area contributed by atoms with Crippen molar-refractivity contribution in [1.82, 2.24) is 20.9 Å². The highest BCUT2D eigenvalue weighted by atomic mass is 16.5. The Morgan fingerprint density at radius 1 is 1.11 bits per heavy atom. The molecule has 0 aliphatic carbocycles. The number of para-hydroxylation sites is 1. The number of ether oxygens (including phenoxy) is 1. The number of aliphatic hydroxyl groups is 2. The second-order valence-electron chi connectivity index (χ2n) is 12.2. The molecular weight excluding hydrogens is 566 g/mol. The van der Waals surface area contributed by atoms with E-state index in [4.69, 9.17) is 9.15 Å². The van der Waals surface area contributed by atoms with Crippen molar-refractivity contribution in [2.45, 2.75) is 63.9 Å². The van der Waals surface area contributed by atoms with Gasteiger partial charge in [-0.3, -0.25) is 14.4 Å². The number of benzene rings is 2. The minimum atomic E-state index is -1.29. The second-order valence-corrected chi connectivity index (χ2v) is 12.2. The third kappa shape index (κ3) is 4.69. The van der Waals surface area contributed by atoms with Crippen LogP contribution < -0.4 is 26.0 Å². The number of hydrogen-bond acceptors (Lipinski definition) is 9. The summed E-state index contributed by atoms with van der Waals surface area (Å²) < 4.78 is 13.1. The summed E-state index contributed by atoms with van der Waals surface area (Å²) in [7, 11) is 0. The summed E-state index contributed by atoms with van der Waals surface area (Å²) in [5, 5.41) is 31.7. The predicted octanol–water partition coefficient (Wildman–Crippen LogP) is 1.75. The van der Waals surface area contributed by atoms with Gasteiger partial charge < -0.3 is 40.6 Å². The van der Waals surface area contributed by atoms with E-state index in [2.05, 4.69) is 26.3 Å². The van der Waals surface area contributed by atoms with Crippen molar-refractivity contribution < 1.29 is 33.8 Å². The van der Waals surface area contributed by atoms with Crippen molar-refractivity contribution in [2.75, 3.05) is 18.5 Å². The Kier molecular flexibility index (Phi) is 7.58. The zero-order valence-electron chi connectivity index (χ0n) is 25.0. The number of aromatic nitrogens is 1. The summed E-state index contributed by atoms with van der Waals surface area (Å²) >= 11 is 0. The van der Waals surface area contributed by atoms with Gasteiger partial charge in [0.15, 0.2) is 17.7 Å². The number of hydrogen-bond donors (Lipinski definition) is 6. The van der Waals surface area contributed by atoms with Crippen LogP contribution in [0.5, 0.6) is 5.75 Å². The molecule has 12 nitrogen and oxygen atoms in total. The average Bonchev–Trinajstić information content (AvgIpc) is 3.66. The Labute approximate surface area is 254 Å². The van der Waals surface area contributed by atoms with Crippen LogP contribution in [0.2, 0.25) is 0 Å². The summed E-state index contributed by atoms with van der Waals surface area (Å²) in [6.07, 6.45) is -1.84. The van der Waals surface area contributed by atoms with E-state index < -0.39 is 47.6 Å². The number of oxazole rings is 1. The zero-order valence-corrected chi connectivity index (χ0v) is 25.0. The number of carbonyl (C=O) groups is 3. The van der Waals surface area contributed by atoms with Gasteiger partial charge in [-0.05, 0) is 35.1 Å². The van der Waals surface area contributed by atoms with Crippen LogP contribution in [0.1, 0.15) is 72.6 Å². The molecule has 6 N–H and O–H groups in total. The van der Waals surface area contributed by atoms with Crippen LogP contribution in [0.3, 0.4) is 0 Å². The van der Waals surface area contributed by atoms with Crippen LogP contribution in [-0.2, 0) is 21.4 Å². The lowest BCUT2D eigenvalue weighted by Gasteiger charge is -2.29. The Balaban J connectivity index is 1.59. The van der Waals surface area contributed by atoms with Crippen molar-refractivity contribution in [1.29, 1.82) is 0 Å². The first-order chi connectivity index (χ1) is 21.1. The molecule has 2 aromatic carbocycles. The van der Waals surface area contributed by atoms with Crippen molar-refractivity contribution in [3.05, 3.63) is 76.5 Å². The minimum Gasteiger partial charge on any atom is -0.469 e. The minimum absolute atomic E-state index is 0.0108. The number of amides is 3. The maximum absolute atomic E-state index is 13.8. The molecule has 0 fully saturated rings. The molecule has 3 aromatic rings. The van der Waals surface area contributed by atoms with E-state index in [0.717, 1.165) is 16.8 Å². The maximum Gasteiger partial charge on any atom is 0.273 e. The molecule has 12 heteroatoms. The Morgan fingerprint density at radius 2 is 1.89 bits per heavy atom. The molecule has 4 heterocycles. The summed E-state index contributed by atoms with van der Waals surface area (Å²) in [5.41, 5.74) is 1.96. The number of nitrogens with zero attached hydrogens (tertiary/aromatic N) is 1. The number of rotatable bonds is 7. The molecule has 4 bridgehead atoms. The smallest absolute Gasteiger partial charge is 0.273 e. The SMILES string of the molecule is CC(C)[C@H](O)C(=O)N[C@H]1Cc2ccc3c(c2)[C@@]2(c4ccccc4NC2O3)c2oc(nc2C(=O)NCCO)[C@H](C(C)C)NC1=O. The quantitative estimate of drug-likeness (QED) is 0.235. The first-order valence-corrected chi connectivity index (χ1v) is 14.9. The Morgan fingerprint density at radius 3 is 2.61 bits per heavy atom. The maximum atomic E-state index is 13.8. The van der Waals surface area contributed by atoms with Gasteiger partial charge in [0.05, 0.1) is 6.61 Å². The molecule has 0 saturated carbocycles. The van der Waals surface area contributed by atoms with E-state index in [9.17, 15) is 24.6 Å². The van der Waals surface area contributed by atoms with E-state index >= 15 is 0 Å². The monoisotopic (exact) mass is 603 g/mol. The van der Waals surface area contributed by atoms with Gasteiger partial charge in [0.1, 0.15) is 29.4 Å². The third-order valence-electron chi connectivity index (χ3n) is 8.56. The molecule has 5 atom stereocenters. The second kappa shape index (κ2) is 11.3. The molecule has 0 saturated heterocycles. The number of carbonyl (C=O) groups excluding carboxylic acids is 3. The van der Waals surface area contributed by atoms with Gasteiger partial charge in [-0.1, -0.05) is 58.0 Å². The van der Waals surface area contributed by atoms with Crippen LogP contribution in [0.25, 0.3) is 0 Å². The highest BCUT2D eigenvalue weighted by Gasteiger charge is 2.61. The molecule has 3 amide bonds. The van der Waals surface area contributed by atoms with Crippen LogP contribution in [-0.4, -0.2) is 64.4 Å². The molecule has 44 heavy (non-hydrogen) atoms. The van der Waals surface area contributed by atoms with Crippen LogP contribution >= 0.6 is 0 Å². The molecule has 232 valence electrons. The zero-order chi connectivity index (χ0) is 31.3. The van der Waals surface area contributed by atoms with Gasteiger partial charge >= 0.3 is 0 Å². The van der Waals surface area contributed by atoms with Gasteiger partial charge in [-0.15, -0.1) is 0 Å². The van der Waals surface area contributed by atoms with Gasteiger partial charge in [0, 0.05) is 24.2 Å². The van der Waals surface area contributed by atoms with E-state index in [1.807, 2.05) is 50.2 Å². The molecule has 0 radical (unpaired) electrons. The Bertz CT molecular complexity index is 1620. The predicted molar refractivity (Wildman–Crippen MR) is 159 cm³/mol. The summed E-state index contributed by atoms with van der Waals surface area (Å²) in [4.78, 5) is 45.1. The lowest BCUT2D eigenvalue weighted by Crippen LogP contribution is -2.52. The summed E-state index contributed by atoms with van der Waals surface area (Å²) in [6, 6.07) is 11.4. The van der Waals surface area contributed by atoms with Gasteiger partial charge in [0.25, 0.3) is 5.91 Å². The summed E-state index contributed by atoms with van der Waals surface area (Å²) in [6.45, 7) is 6.96. The van der Waals surface area contributed by atoms with E-state index in [1.165, 1.54) is 0 Å². The molecule has 3 aliphatic rings. The molecule has 6 rings (SSSR count). The molecular formula is C32H37N5O7. The lowest BCUT2D eigenvalue weighted by molar-refractivity contribution is -0.135. The van der Waals surface area contributed by atoms with Gasteiger partial charge in [-0.2, -0.15) is 0 Å². The molecule has 1 unspecified atom stereocenters. The van der Waals surface area contributed by atoms with Crippen LogP contribution in [0.4, 0.5) is 5.69 Å². The highest BCUT2D eigenvalue weighted by Crippen LogP contribution is 2.58. The highest BCUT2D eigenvalue weighted by molar-refractivity contribution is 5.95. The van der Waals surface area contributed by atoms with Crippen LogP contribution in [0, 0.1) is 11.8 Å². The fraction of sp³-hybridized carbons (Fsp3) is 0.438. The first-order valence-electron chi connectivity index (χ1n) is 14.9. The standard InChI is InChI=1S/C32H37N5O7/c1-15(2)23-30-37-24(28(41)33-11-12-38)26(44-30)32-18-7-5-6-8-20(18)35-31(32)43-22-10-9-17(13-19(22)32)14-21(27(40)36-23)34-29(42)25(39)16(3)4/h5-10,13,15-16,21,23,25,31,35,38-39H,11-12,14H2,1-4H3,(H,33,41)(H,34,42)(H,36,40)/t21-,23-,25-,31?,32-/m0/s1. The van der Waals surface area contributed by atoms with Crippen molar-refractivity contribution in [2.24, 2.45) is 11.8 Å². The molecule has 1 aromatic heterocycles. The number of aliphatic hydroxyl groups excluding tert-OH is 2. The van der Waals surface area contributed by atoms with Crippen molar-refractivity contribution in [3.63, 3.8) is 0 Å². The van der Waals surface area contributed by atoms with Gasteiger partial charge in [-0.25, -0.2) is 4.98 Å². The van der Waals surface area contributed by atoms with Crippen molar-refractivity contribution in [3.8, 4) is 5.75 Å². The largest absolute Gasteiger partial charge is 0.469 e. The summed E-state index contributed by atoms with van der Waals surface area (Å²) in [5.74, 6) is -1.31. The Hall–Kier alpha value is -4.42. The number of fused-ring (bicyclic) bond motifs is 4.